The summed E-state index contributed by atoms with van der Waals surface area (Å²) in [7, 11) is 1.62. The molecule has 0 saturated carbocycles. The van der Waals surface area contributed by atoms with Gasteiger partial charge in [0.1, 0.15) is 11.3 Å². The molecule has 26 heavy (non-hydrogen) atoms. The third kappa shape index (κ3) is 4.47. The fraction of sp³-hybridized carbons (Fsp3) is 0.167. The van der Waals surface area contributed by atoms with Crippen LogP contribution in [0.25, 0.3) is 0 Å². The molecule has 0 spiro atoms. The molecule has 3 rings (SSSR count). The Morgan fingerprint density at radius 2 is 2.00 bits per heavy atom. The molecule has 0 fully saturated rings. The Kier molecular flexibility index (Phi) is 5.98. The Hall–Kier alpha value is -2.71. The van der Waals surface area contributed by atoms with E-state index in [9.17, 15) is 4.79 Å². The van der Waals surface area contributed by atoms with Crippen LogP contribution in [-0.4, -0.2) is 34.2 Å². The molecule has 1 aromatic carbocycles. The zero-order valence-corrected chi connectivity index (χ0v) is 15.6. The lowest BCUT2D eigenvalue weighted by molar-refractivity contribution is 0.102. The molecule has 2 aromatic heterocycles. The van der Waals surface area contributed by atoms with Gasteiger partial charge in [0.15, 0.2) is 0 Å². The Labute approximate surface area is 159 Å². The second kappa shape index (κ2) is 8.59. The molecule has 8 heteroatoms. The average molecular weight is 417 g/mol. The minimum Gasteiger partial charge on any atom is -0.438 e. The fourth-order valence-electron chi connectivity index (χ4n) is 2.23. The summed E-state index contributed by atoms with van der Waals surface area (Å²) in [5.74, 6) is 0.894. The summed E-state index contributed by atoms with van der Waals surface area (Å²) in [5.41, 5.74) is 0.316. The van der Waals surface area contributed by atoms with E-state index >= 15 is 0 Å². The van der Waals surface area contributed by atoms with E-state index in [2.05, 4.69) is 31.2 Å². The Balaban J connectivity index is 1.78. The molecule has 0 radical (unpaired) electrons. The summed E-state index contributed by atoms with van der Waals surface area (Å²) in [6.07, 6.45) is 4.97. The van der Waals surface area contributed by atoms with Crippen molar-refractivity contribution in [1.29, 1.82) is 0 Å². The molecule has 0 atom stereocenters. The number of halogens is 1. The molecule has 0 aliphatic heterocycles. The third-order valence-electron chi connectivity index (χ3n) is 3.52. The second-order valence-electron chi connectivity index (χ2n) is 5.30. The fourth-order valence-corrected chi connectivity index (χ4v) is 2.50. The van der Waals surface area contributed by atoms with Crippen LogP contribution >= 0.6 is 15.9 Å². The van der Waals surface area contributed by atoms with Gasteiger partial charge in [-0.3, -0.25) is 10.1 Å². The number of methoxy groups -OCH3 is 1. The van der Waals surface area contributed by atoms with Crippen LogP contribution in [0, 0.1) is 0 Å². The maximum Gasteiger partial charge on any atom is 0.263 e. The number of ether oxygens (including phenoxy) is 2. The van der Waals surface area contributed by atoms with Crippen LogP contribution in [0.1, 0.15) is 10.4 Å². The number of hydrogen-bond acceptors (Lipinski definition) is 5. The lowest BCUT2D eigenvalue weighted by Gasteiger charge is -2.11. The average Bonchev–Trinajstić information content (AvgIpc) is 3.09. The number of carbonyl (C=O) groups excluding carboxylic acids is 1. The van der Waals surface area contributed by atoms with Crippen molar-refractivity contribution in [3.05, 3.63) is 65.0 Å². The number of imidazole rings is 1. The first-order valence-corrected chi connectivity index (χ1v) is 8.66. The number of benzene rings is 1. The number of nitrogens with zero attached hydrogens (tertiary/aromatic N) is 3. The van der Waals surface area contributed by atoms with Gasteiger partial charge in [0.25, 0.3) is 5.91 Å². The highest BCUT2D eigenvalue weighted by Gasteiger charge is 2.16. The molecule has 1 amide bonds. The number of nitrogens with one attached hydrogen (secondary N) is 1. The highest BCUT2D eigenvalue weighted by atomic mass is 79.9. The van der Waals surface area contributed by atoms with E-state index < -0.39 is 0 Å². The van der Waals surface area contributed by atoms with E-state index in [-0.39, 0.29) is 11.8 Å². The van der Waals surface area contributed by atoms with E-state index in [1.165, 1.54) is 0 Å². The highest BCUT2D eigenvalue weighted by Crippen LogP contribution is 2.25. The lowest BCUT2D eigenvalue weighted by atomic mass is 10.2. The van der Waals surface area contributed by atoms with E-state index in [1.807, 2.05) is 12.1 Å². The number of hydrogen-bond donors (Lipinski definition) is 1. The van der Waals surface area contributed by atoms with Crippen LogP contribution in [0.15, 0.2) is 59.5 Å². The van der Waals surface area contributed by atoms with Gasteiger partial charge in [-0.05, 0) is 36.4 Å². The second-order valence-corrected chi connectivity index (χ2v) is 6.22. The van der Waals surface area contributed by atoms with Crippen LogP contribution < -0.4 is 10.1 Å². The van der Waals surface area contributed by atoms with Crippen LogP contribution in [-0.2, 0) is 11.3 Å². The van der Waals surface area contributed by atoms with Crippen LogP contribution in [0.5, 0.6) is 11.6 Å². The van der Waals surface area contributed by atoms with Gasteiger partial charge in [0.05, 0.1) is 6.61 Å². The van der Waals surface area contributed by atoms with Crippen molar-refractivity contribution in [3.8, 4) is 11.6 Å². The van der Waals surface area contributed by atoms with Crippen LogP contribution in [0.3, 0.4) is 0 Å². The third-order valence-corrected chi connectivity index (χ3v) is 4.05. The number of aromatic nitrogens is 3. The highest BCUT2D eigenvalue weighted by molar-refractivity contribution is 9.10. The Bertz CT molecular complexity index is 880. The summed E-state index contributed by atoms with van der Waals surface area (Å²) in [4.78, 5) is 21.0. The van der Waals surface area contributed by atoms with Crippen molar-refractivity contribution in [2.45, 2.75) is 6.54 Å². The number of carbonyl (C=O) groups is 1. The molecule has 1 N–H and O–H groups in total. The summed E-state index contributed by atoms with van der Waals surface area (Å²) >= 11 is 3.37. The van der Waals surface area contributed by atoms with Gasteiger partial charge < -0.3 is 14.0 Å². The van der Waals surface area contributed by atoms with Gasteiger partial charge in [0.2, 0.25) is 11.8 Å². The number of pyridine rings is 1. The topological polar surface area (TPSA) is 78.3 Å². The predicted octanol–water partition coefficient (Wildman–Crippen LogP) is 3.73. The zero-order valence-electron chi connectivity index (χ0n) is 14.1. The minimum atomic E-state index is -0.352. The SMILES string of the molecule is COCCn1ccnc1NC(=O)c1cccnc1Oc1ccc(Br)cc1. The van der Waals surface area contributed by atoms with Crippen molar-refractivity contribution in [3.63, 3.8) is 0 Å². The summed E-state index contributed by atoms with van der Waals surface area (Å²) < 4.78 is 13.6. The van der Waals surface area contributed by atoms with Gasteiger partial charge in [-0.15, -0.1) is 0 Å². The largest absolute Gasteiger partial charge is 0.438 e. The van der Waals surface area contributed by atoms with Crippen molar-refractivity contribution in [2.75, 3.05) is 19.0 Å². The molecule has 2 heterocycles. The predicted molar refractivity (Wildman–Crippen MR) is 101 cm³/mol. The maximum absolute atomic E-state index is 12.7. The Morgan fingerprint density at radius 1 is 1.19 bits per heavy atom. The molecular formula is C18H17BrN4O3. The first-order chi connectivity index (χ1) is 12.7. The van der Waals surface area contributed by atoms with E-state index in [0.29, 0.717) is 30.4 Å². The van der Waals surface area contributed by atoms with E-state index in [4.69, 9.17) is 9.47 Å². The molecule has 0 unspecified atom stereocenters. The van der Waals surface area contributed by atoms with Crippen molar-refractivity contribution in [2.24, 2.45) is 0 Å². The van der Waals surface area contributed by atoms with Crippen molar-refractivity contribution in [1.82, 2.24) is 14.5 Å². The molecule has 134 valence electrons. The summed E-state index contributed by atoms with van der Waals surface area (Å²) in [5, 5.41) is 2.78. The van der Waals surface area contributed by atoms with Gasteiger partial charge in [-0.1, -0.05) is 15.9 Å². The standard InChI is InChI=1S/C18H17BrN4O3/c1-25-12-11-23-10-9-21-18(23)22-16(24)15-3-2-8-20-17(15)26-14-6-4-13(19)5-7-14/h2-10H,11-12H2,1H3,(H,21,22,24). The molecule has 7 nitrogen and oxygen atoms in total. The Morgan fingerprint density at radius 3 is 2.77 bits per heavy atom. The van der Waals surface area contributed by atoms with Gasteiger partial charge >= 0.3 is 0 Å². The minimum absolute atomic E-state index is 0.224. The van der Waals surface area contributed by atoms with Crippen LogP contribution in [0.2, 0.25) is 0 Å². The quantitative estimate of drug-likeness (QED) is 0.634. The normalized spacial score (nSPS) is 10.5. The lowest BCUT2D eigenvalue weighted by Crippen LogP contribution is -2.18. The molecular weight excluding hydrogens is 400 g/mol. The van der Waals surface area contributed by atoms with Gasteiger partial charge in [-0.25, -0.2) is 9.97 Å². The number of anilines is 1. The zero-order chi connectivity index (χ0) is 18.4. The maximum atomic E-state index is 12.7. The molecule has 3 aromatic rings. The summed E-state index contributed by atoms with van der Waals surface area (Å²) in [6.45, 7) is 1.10. The van der Waals surface area contributed by atoms with Gasteiger partial charge in [-0.2, -0.15) is 0 Å². The first kappa shape index (κ1) is 18.1. The number of rotatable bonds is 7. The van der Waals surface area contributed by atoms with Gasteiger partial charge in [0, 0.05) is 36.7 Å². The molecule has 0 aliphatic rings. The summed E-state index contributed by atoms with van der Waals surface area (Å²) in [6, 6.07) is 10.6. The first-order valence-electron chi connectivity index (χ1n) is 7.87. The molecule has 0 saturated heterocycles. The van der Waals surface area contributed by atoms with E-state index in [0.717, 1.165) is 4.47 Å². The molecule has 0 bridgehead atoms. The monoisotopic (exact) mass is 416 g/mol. The molecule has 0 aliphatic carbocycles. The van der Waals surface area contributed by atoms with Crippen LogP contribution in [0.4, 0.5) is 5.95 Å². The van der Waals surface area contributed by atoms with Crippen molar-refractivity contribution < 1.29 is 14.3 Å². The number of amides is 1. The van der Waals surface area contributed by atoms with E-state index in [1.54, 1.807) is 54.5 Å². The van der Waals surface area contributed by atoms with Crippen molar-refractivity contribution >= 4 is 27.8 Å². The smallest absolute Gasteiger partial charge is 0.263 e.